The number of carbonyl (C=O) groups excluding carboxylic acids is 2. The predicted octanol–water partition coefficient (Wildman–Crippen LogP) is 3.91. The monoisotopic (exact) mass is 358 g/mol. The van der Waals surface area contributed by atoms with Crippen LogP contribution in [0.15, 0.2) is 24.3 Å². The second-order valence-corrected chi connectivity index (χ2v) is 6.23. The molecule has 1 aromatic heterocycles. The van der Waals surface area contributed by atoms with E-state index < -0.39 is 0 Å². The minimum Gasteiger partial charge on any atom is -0.484 e. The van der Waals surface area contributed by atoms with E-state index in [1.807, 2.05) is 13.8 Å². The molecule has 2 aromatic rings. The van der Waals surface area contributed by atoms with E-state index >= 15 is 0 Å². The zero-order chi connectivity index (χ0) is 19.3. The van der Waals surface area contributed by atoms with Crippen LogP contribution < -0.4 is 4.74 Å². The first-order valence-electron chi connectivity index (χ1n) is 8.88. The summed E-state index contributed by atoms with van der Waals surface area (Å²) < 4.78 is 11.9. The molecule has 0 amide bonds. The predicted molar refractivity (Wildman–Crippen MR) is 98.9 cm³/mol. The number of ether oxygens (including phenoxy) is 2. The first kappa shape index (κ1) is 19.7. The van der Waals surface area contributed by atoms with Crippen molar-refractivity contribution in [2.45, 2.75) is 47.0 Å². The number of rotatable bonds is 7. The van der Waals surface area contributed by atoms with Crippen LogP contribution in [0.2, 0.25) is 0 Å². The van der Waals surface area contributed by atoms with Crippen molar-refractivity contribution >= 4 is 11.9 Å². The highest BCUT2D eigenvalue weighted by Crippen LogP contribution is 2.25. The van der Waals surface area contributed by atoms with Gasteiger partial charge in [0, 0.05) is 5.69 Å². The number of aryl methyl sites for hydroxylation is 1. The summed E-state index contributed by atoms with van der Waals surface area (Å²) >= 11 is 0. The van der Waals surface area contributed by atoms with Gasteiger partial charge in [-0.25, -0.2) is 9.48 Å². The molecule has 6 heteroatoms. The molecule has 0 bridgehead atoms. The fraction of sp³-hybridized carbons (Fsp3) is 0.450. The highest BCUT2D eigenvalue weighted by atomic mass is 16.5. The fourth-order valence-electron chi connectivity index (χ4n) is 2.92. The van der Waals surface area contributed by atoms with Gasteiger partial charge in [0.25, 0.3) is 5.91 Å². The summed E-state index contributed by atoms with van der Waals surface area (Å²) in [6.07, 6.45) is 0.991. The van der Waals surface area contributed by atoms with Crippen molar-refractivity contribution < 1.29 is 19.1 Å². The van der Waals surface area contributed by atoms with Crippen LogP contribution in [0.25, 0.3) is 0 Å². The first-order chi connectivity index (χ1) is 12.4. The standard InChI is InChI=1S/C20H26N2O4/c1-6-13(3)19-14(4)21-22(15(19)5)18(23)12-26-17-10-8-16(9-11-17)20(24)25-7-2/h8-11,13H,6-7,12H2,1-5H3. The van der Waals surface area contributed by atoms with Crippen LogP contribution in [0.1, 0.15) is 65.2 Å². The molecule has 6 nitrogen and oxygen atoms in total. The van der Waals surface area contributed by atoms with Crippen LogP contribution >= 0.6 is 0 Å². The van der Waals surface area contributed by atoms with Crippen LogP contribution in [0, 0.1) is 13.8 Å². The second-order valence-electron chi connectivity index (χ2n) is 6.23. The molecule has 1 atom stereocenters. The van der Waals surface area contributed by atoms with Crippen molar-refractivity contribution in [2.24, 2.45) is 0 Å². The van der Waals surface area contributed by atoms with Gasteiger partial charge in [-0.3, -0.25) is 4.79 Å². The van der Waals surface area contributed by atoms with E-state index in [4.69, 9.17) is 9.47 Å². The number of hydrogen-bond acceptors (Lipinski definition) is 5. The van der Waals surface area contributed by atoms with Gasteiger partial charge in [-0.2, -0.15) is 5.10 Å². The lowest BCUT2D eigenvalue weighted by atomic mass is 9.97. The molecular weight excluding hydrogens is 332 g/mol. The Morgan fingerprint density at radius 3 is 2.38 bits per heavy atom. The molecule has 140 valence electrons. The Balaban J connectivity index is 2.04. The minimum atomic E-state index is -0.379. The largest absolute Gasteiger partial charge is 0.484 e. The van der Waals surface area contributed by atoms with E-state index in [2.05, 4.69) is 18.9 Å². The fourth-order valence-corrected chi connectivity index (χ4v) is 2.92. The van der Waals surface area contributed by atoms with Crippen molar-refractivity contribution in [1.82, 2.24) is 9.78 Å². The highest BCUT2D eigenvalue weighted by Gasteiger charge is 2.20. The number of esters is 1. The third kappa shape index (κ3) is 4.31. The summed E-state index contributed by atoms with van der Waals surface area (Å²) in [5, 5.41) is 4.38. The van der Waals surface area contributed by atoms with Crippen molar-refractivity contribution in [3.05, 3.63) is 46.8 Å². The number of benzene rings is 1. The smallest absolute Gasteiger partial charge is 0.338 e. The minimum absolute atomic E-state index is 0.124. The maximum absolute atomic E-state index is 12.5. The summed E-state index contributed by atoms with van der Waals surface area (Å²) in [6.45, 7) is 10.0. The highest BCUT2D eigenvalue weighted by molar-refractivity contribution is 5.89. The second kappa shape index (κ2) is 8.65. The molecule has 0 spiro atoms. The average molecular weight is 358 g/mol. The number of aromatic nitrogens is 2. The van der Waals surface area contributed by atoms with E-state index in [-0.39, 0.29) is 18.5 Å². The van der Waals surface area contributed by atoms with Crippen LogP contribution in [0.5, 0.6) is 5.75 Å². The molecule has 1 unspecified atom stereocenters. The molecular formula is C20H26N2O4. The van der Waals surface area contributed by atoms with E-state index in [1.165, 1.54) is 4.68 Å². The molecule has 0 saturated heterocycles. The van der Waals surface area contributed by atoms with Crippen molar-refractivity contribution in [3.8, 4) is 5.75 Å². The molecule has 1 aromatic carbocycles. The maximum Gasteiger partial charge on any atom is 0.338 e. The molecule has 0 saturated carbocycles. The van der Waals surface area contributed by atoms with Gasteiger partial charge in [0.15, 0.2) is 6.61 Å². The zero-order valence-electron chi connectivity index (χ0n) is 16.0. The molecule has 1 heterocycles. The topological polar surface area (TPSA) is 70.4 Å². The Hall–Kier alpha value is -2.63. The summed E-state index contributed by atoms with van der Waals surface area (Å²) in [5.74, 6) is 0.257. The molecule has 26 heavy (non-hydrogen) atoms. The van der Waals surface area contributed by atoms with Gasteiger partial charge in [-0.05, 0) is 62.9 Å². The Kier molecular flexibility index (Phi) is 6.55. The van der Waals surface area contributed by atoms with E-state index in [0.717, 1.165) is 23.4 Å². The normalized spacial score (nSPS) is 11.9. The SMILES string of the molecule is CCOC(=O)c1ccc(OCC(=O)n2nc(C)c(C(C)CC)c2C)cc1. The van der Waals surface area contributed by atoms with Gasteiger partial charge < -0.3 is 9.47 Å². The van der Waals surface area contributed by atoms with E-state index in [1.54, 1.807) is 31.2 Å². The van der Waals surface area contributed by atoms with Gasteiger partial charge in [0.2, 0.25) is 0 Å². The van der Waals surface area contributed by atoms with E-state index in [0.29, 0.717) is 23.8 Å². The maximum atomic E-state index is 12.5. The number of nitrogens with zero attached hydrogens (tertiary/aromatic N) is 2. The first-order valence-corrected chi connectivity index (χ1v) is 8.88. The van der Waals surface area contributed by atoms with Crippen LogP contribution in [-0.4, -0.2) is 34.9 Å². The Morgan fingerprint density at radius 1 is 1.15 bits per heavy atom. The lowest BCUT2D eigenvalue weighted by molar-refractivity contribution is 0.0526. The number of hydrogen-bond donors (Lipinski definition) is 0. The van der Waals surface area contributed by atoms with Gasteiger partial charge in [-0.15, -0.1) is 0 Å². The molecule has 0 fully saturated rings. The average Bonchev–Trinajstić information content (AvgIpc) is 2.94. The van der Waals surface area contributed by atoms with E-state index in [9.17, 15) is 9.59 Å². The van der Waals surface area contributed by atoms with Crippen molar-refractivity contribution in [2.75, 3.05) is 13.2 Å². The van der Waals surface area contributed by atoms with Gasteiger partial charge in [0.05, 0.1) is 17.9 Å². The zero-order valence-corrected chi connectivity index (χ0v) is 16.0. The molecule has 2 rings (SSSR count). The van der Waals surface area contributed by atoms with Crippen LogP contribution in [0.3, 0.4) is 0 Å². The summed E-state index contributed by atoms with van der Waals surface area (Å²) in [6, 6.07) is 6.51. The lowest BCUT2D eigenvalue weighted by Crippen LogP contribution is -2.22. The lowest BCUT2D eigenvalue weighted by Gasteiger charge is -2.10. The summed E-state index contributed by atoms with van der Waals surface area (Å²) in [4.78, 5) is 24.1. The summed E-state index contributed by atoms with van der Waals surface area (Å²) in [5.41, 5.74) is 3.31. The van der Waals surface area contributed by atoms with Crippen molar-refractivity contribution in [1.29, 1.82) is 0 Å². The third-order valence-electron chi connectivity index (χ3n) is 4.42. The Morgan fingerprint density at radius 2 is 1.81 bits per heavy atom. The Bertz CT molecular complexity index is 778. The summed E-state index contributed by atoms with van der Waals surface area (Å²) in [7, 11) is 0. The number of carbonyl (C=O) groups is 2. The Labute approximate surface area is 154 Å². The quantitative estimate of drug-likeness (QED) is 0.702. The van der Waals surface area contributed by atoms with Gasteiger partial charge in [0.1, 0.15) is 5.75 Å². The van der Waals surface area contributed by atoms with Crippen molar-refractivity contribution in [3.63, 3.8) is 0 Å². The van der Waals surface area contributed by atoms with Gasteiger partial charge in [-0.1, -0.05) is 13.8 Å². The van der Waals surface area contributed by atoms with Gasteiger partial charge >= 0.3 is 5.97 Å². The molecule has 0 N–H and O–H groups in total. The molecule has 0 radical (unpaired) electrons. The van der Waals surface area contributed by atoms with Crippen LogP contribution in [-0.2, 0) is 4.74 Å². The molecule has 0 aliphatic rings. The van der Waals surface area contributed by atoms with Crippen LogP contribution in [0.4, 0.5) is 0 Å². The third-order valence-corrected chi connectivity index (χ3v) is 4.42. The molecule has 0 aliphatic heterocycles. The molecule has 0 aliphatic carbocycles.